The van der Waals surface area contributed by atoms with E-state index in [0.29, 0.717) is 29.8 Å². The lowest BCUT2D eigenvalue weighted by molar-refractivity contribution is -0.137. The van der Waals surface area contributed by atoms with E-state index in [1.165, 1.54) is 17.0 Å². The molecule has 0 bridgehead atoms. The van der Waals surface area contributed by atoms with Gasteiger partial charge in [0.2, 0.25) is 17.7 Å². The van der Waals surface area contributed by atoms with Gasteiger partial charge in [-0.3, -0.25) is 14.4 Å². The van der Waals surface area contributed by atoms with Crippen molar-refractivity contribution in [3.8, 4) is 0 Å². The Labute approximate surface area is 242 Å². The average Bonchev–Trinajstić information content (AvgIpc) is 3.32. The standard InChI is InChI=1S/C27H36BF3N6O5/c29-27(30,31)19-5-1-17(2-6-19)3-9-23(26(40)35-20-7-4-18-16-42-28(41)21(18)15-20)36-25(39)22(34)8-10-24(38)37(13-11-32)14-12-33/h1-2,4-7,15,22-23,41H,3,8-14,16,32-34H2,(H,35,40)(H,36,39). The van der Waals surface area contributed by atoms with Crippen molar-refractivity contribution in [3.63, 3.8) is 0 Å². The van der Waals surface area contributed by atoms with E-state index in [9.17, 15) is 32.6 Å². The number of nitrogens with zero attached hydrogens (tertiary/aromatic N) is 1. The molecule has 15 heteroatoms. The van der Waals surface area contributed by atoms with Gasteiger partial charge in [0, 0.05) is 38.3 Å². The second-order valence-electron chi connectivity index (χ2n) is 9.96. The molecule has 1 aliphatic heterocycles. The summed E-state index contributed by atoms with van der Waals surface area (Å²) in [5.74, 6) is -1.52. The molecule has 1 heterocycles. The number of anilines is 1. The number of hydrogen-bond donors (Lipinski definition) is 6. The van der Waals surface area contributed by atoms with Gasteiger partial charge < -0.3 is 42.4 Å². The lowest BCUT2D eigenvalue weighted by atomic mass is 9.79. The minimum atomic E-state index is -4.48. The molecule has 0 spiro atoms. The first kappa shape index (κ1) is 33.0. The normalized spacial score (nSPS) is 14.2. The molecule has 0 saturated carbocycles. The summed E-state index contributed by atoms with van der Waals surface area (Å²) in [6, 6.07) is 7.19. The number of aryl methyl sites for hydroxylation is 1. The zero-order valence-electron chi connectivity index (χ0n) is 23.0. The van der Waals surface area contributed by atoms with E-state index < -0.39 is 42.8 Å². The molecule has 0 aliphatic carbocycles. The van der Waals surface area contributed by atoms with E-state index in [4.69, 9.17) is 21.9 Å². The molecule has 3 rings (SSSR count). The number of nitrogens with one attached hydrogen (secondary N) is 2. The van der Waals surface area contributed by atoms with Gasteiger partial charge in [-0.25, -0.2) is 0 Å². The Balaban J connectivity index is 1.68. The highest BCUT2D eigenvalue weighted by Gasteiger charge is 2.31. The van der Waals surface area contributed by atoms with Crippen LogP contribution in [0.4, 0.5) is 18.9 Å². The van der Waals surface area contributed by atoms with Gasteiger partial charge in [-0.05, 0) is 60.1 Å². The SMILES string of the molecule is NCCN(CCN)C(=O)CCC(N)C(=O)NC(CCc1ccc(C(F)(F)F)cc1)C(=O)Nc1ccc2c(c1)B(O)OC2. The van der Waals surface area contributed by atoms with E-state index in [2.05, 4.69) is 10.6 Å². The third kappa shape index (κ3) is 9.26. The number of alkyl halides is 3. The number of halogens is 3. The lowest BCUT2D eigenvalue weighted by Gasteiger charge is -2.23. The Hall–Kier alpha value is -3.50. The summed E-state index contributed by atoms with van der Waals surface area (Å²) in [6.45, 7) is 1.37. The monoisotopic (exact) mass is 592 g/mol. The number of nitrogens with two attached hydrogens (primary N) is 3. The molecule has 0 aromatic heterocycles. The third-order valence-corrected chi connectivity index (χ3v) is 6.87. The van der Waals surface area contributed by atoms with Crippen molar-refractivity contribution in [2.24, 2.45) is 17.2 Å². The average molecular weight is 592 g/mol. The van der Waals surface area contributed by atoms with Crippen molar-refractivity contribution in [3.05, 3.63) is 59.2 Å². The molecule has 42 heavy (non-hydrogen) atoms. The van der Waals surface area contributed by atoms with Crippen molar-refractivity contribution in [2.45, 2.75) is 50.6 Å². The van der Waals surface area contributed by atoms with Crippen LogP contribution < -0.4 is 33.3 Å². The number of amides is 3. The van der Waals surface area contributed by atoms with Crippen LogP contribution in [-0.2, 0) is 38.2 Å². The van der Waals surface area contributed by atoms with Gasteiger partial charge in [0.05, 0.1) is 18.2 Å². The van der Waals surface area contributed by atoms with Crippen LogP contribution in [0.3, 0.4) is 0 Å². The van der Waals surface area contributed by atoms with E-state index in [0.717, 1.165) is 17.7 Å². The van der Waals surface area contributed by atoms with Crippen LogP contribution in [-0.4, -0.2) is 73.0 Å². The van der Waals surface area contributed by atoms with Crippen LogP contribution in [0.25, 0.3) is 0 Å². The predicted octanol–water partition coefficient (Wildman–Crippen LogP) is -0.167. The number of carbonyl (C=O) groups excluding carboxylic acids is 3. The molecular weight excluding hydrogens is 556 g/mol. The van der Waals surface area contributed by atoms with Crippen LogP contribution in [0.1, 0.15) is 36.0 Å². The topological polar surface area (TPSA) is 186 Å². The fourth-order valence-corrected chi connectivity index (χ4v) is 4.48. The quantitative estimate of drug-likeness (QED) is 0.163. The minimum Gasteiger partial charge on any atom is -0.423 e. The van der Waals surface area contributed by atoms with E-state index >= 15 is 0 Å². The first-order chi connectivity index (χ1) is 19.9. The highest BCUT2D eigenvalue weighted by atomic mass is 19.4. The molecule has 2 aromatic carbocycles. The van der Waals surface area contributed by atoms with E-state index in [1.54, 1.807) is 18.2 Å². The number of benzene rings is 2. The Morgan fingerprint density at radius 3 is 2.31 bits per heavy atom. The summed E-state index contributed by atoms with van der Waals surface area (Å²) in [5.41, 5.74) is 18.5. The van der Waals surface area contributed by atoms with Gasteiger partial charge >= 0.3 is 13.3 Å². The van der Waals surface area contributed by atoms with Gasteiger partial charge in [-0.15, -0.1) is 0 Å². The minimum absolute atomic E-state index is 0.00621. The maximum absolute atomic E-state index is 13.3. The first-order valence-corrected chi connectivity index (χ1v) is 13.6. The van der Waals surface area contributed by atoms with Gasteiger partial charge in [0.15, 0.2) is 0 Å². The zero-order valence-corrected chi connectivity index (χ0v) is 23.0. The maximum Gasteiger partial charge on any atom is 0.491 e. The van der Waals surface area contributed by atoms with Crippen LogP contribution >= 0.6 is 0 Å². The van der Waals surface area contributed by atoms with E-state index in [1.807, 2.05) is 0 Å². The van der Waals surface area contributed by atoms with Crippen molar-refractivity contribution in [1.29, 1.82) is 0 Å². The molecular formula is C27H36BF3N6O5. The summed E-state index contributed by atoms with van der Waals surface area (Å²) in [6.07, 6.45) is -4.28. The van der Waals surface area contributed by atoms with Crippen molar-refractivity contribution < 1.29 is 37.2 Å². The molecule has 2 atom stereocenters. The largest absolute Gasteiger partial charge is 0.491 e. The van der Waals surface area contributed by atoms with Crippen molar-refractivity contribution in [1.82, 2.24) is 10.2 Å². The fourth-order valence-electron chi connectivity index (χ4n) is 4.48. The molecule has 3 amide bonds. The predicted molar refractivity (Wildman–Crippen MR) is 151 cm³/mol. The fraction of sp³-hybridized carbons (Fsp3) is 0.444. The number of fused-ring (bicyclic) bond motifs is 1. The van der Waals surface area contributed by atoms with Gasteiger partial charge in [0.25, 0.3) is 0 Å². The molecule has 2 aromatic rings. The molecule has 0 saturated heterocycles. The molecule has 2 unspecified atom stereocenters. The Morgan fingerprint density at radius 1 is 1.02 bits per heavy atom. The summed E-state index contributed by atoms with van der Waals surface area (Å²) >= 11 is 0. The summed E-state index contributed by atoms with van der Waals surface area (Å²) in [7, 11) is -1.13. The highest BCUT2D eigenvalue weighted by Crippen LogP contribution is 2.29. The molecule has 9 N–H and O–H groups in total. The number of rotatable bonds is 14. The summed E-state index contributed by atoms with van der Waals surface area (Å²) in [5, 5.41) is 15.3. The smallest absolute Gasteiger partial charge is 0.423 e. The first-order valence-electron chi connectivity index (χ1n) is 13.6. The Morgan fingerprint density at radius 2 is 1.69 bits per heavy atom. The molecule has 0 fully saturated rings. The summed E-state index contributed by atoms with van der Waals surface area (Å²) in [4.78, 5) is 40.2. The highest BCUT2D eigenvalue weighted by molar-refractivity contribution is 6.61. The van der Waals surface area contributed by atoms with Gasteiger partial charge in [-0.2, -0.15) is 13.2 Å². The number of carbonyl (C=O) groups is 3. The lowest BCUT2D eigenvalue weighted by Crippen LogP contribution is -2.50. The second-order valence-corrected chi connectivity index (χ2v) is 9.96. The van der Waals surface area contributed by atoms with Crippen molar-refractivity contribution >= 4 is 36.0 Å². The molecule has 1 aliphatic rings. The van der Waals surface area contributed by atoms with Gasteiger partial charge in [-0.1, -0.05) is 18.2 Å². The van der Waals surface area contributed by atoms with Crippen LogP contribution in [0, 0.1) is 0 Å². The second kappa shape index (κ2) is 15.1. The molecule has 11 nitrogen and oxygen atoms in total. The van der Waals surface area contributed by atoms with Crippen LogP contribution in [0.15, 0.2) is 42.5 Å². The Kier molecular flexibility index (Phi) is 11.9. The van der Waals surface area contributed by atoms with Gasteiger partial charge in [0.1, 0.15) is 6.04 Å². The van der Waals surface area contributed by atoms with Crippen LogP contribution in [0.5, 0.6) is 0 Å². The number of hydrogen-bond acceptors (Lipinski definition) is 8. The third-order valence-electron chi connectivity index (χ3n) is 6.87. The van der Waals surface area contributed by atoms with Crippen LogP contribution in [0.2, 0.25) is 0 Å². The molecule has 228 valence electrons. The summed E-state index contributed by atoms with van der Waals surface area (Å²) < 4.78 is 44.0. The maximum atomic E-state index is 13.3. The Bertz CT molecular complexity index is 1230. The molecule has 0 radical (unpaired) electrons. The zero-order chi connectivity index (χ0) is 30.9. The van der Waals surface area contributed by atoms with E-state index in [-0.39, 0.29) is 51.3 Å². The van der Waals surface area contributed by atoms with Crippen molar-refractivity contribution in [2.75, 3.05) is 31.5 Å².